The lowest BCUT2D eigenvalue weighted by Gasteiger charge is -2.23. The summed E-state index contributed by atoms with van der Waals surface area (Å²) < 4.78 is 0.966. The second-order valence-corrected chi connectivity index (χ2v) is 5.97. The predicted molar refractivity (Wildman–Crippen MR) is 86.2 cm³/mol. The van der Waals surface area contributed by atoms with Gasteiger partial charge < -0.3 is 16.4 Å². The van der Waals surface area contributed by atoms with Crippen LogP contribution in [0.1, 0.15) is 25.3 Å². The number of nitrogens with two attached hydrogens (primary N) is 2. The molecule has 1 unspecified atom stereocenters. The Labute approximate surface area is 133 Å². The van der Waals surface area contributed by atoms with Crippen LogP contribution in [0.5, 0.6) is 0 Å². The third kappa shape index (κ3) is 6.27. The van der Waals surface area contributed by atoms with Crippen molar-refractivity contribution in [2.24, 2.45) is 17.4 Å². The lowest BCUT2D eigenvalue weighted by Crippen LogP contribution is -2.39. The topological polar surface area (TPSA) is 89.4 Å². The van der Waals surface area contributed by atoms with Gasteiger partial charge in [0.15, 0.2) is 0 Å². The molecule has 0 saturated carbocycles. The number of hydrogen-bond acceptors (Lipinski definition) is 3. The molecular weight excluding hydrogens is 334 g/mol. The molecule has 2 amide bonds. The summed E-state index contributed by atoms with van der Waals surface area (Å²) >= 11 is 3.36. The predicted octanol–water partition coefficient (Wildman–Crippen LogP) is 1.64. The van der Waals surface area contributed by atoms with E-state index in [1.165, 1.54) is 4.90 Å². The zero-order chi connectivity index (χ0) is 15.8. The summed E-state index contributed by atoms with van der Waals surface area (Å²) in [7, 11) is 0. The molecule has 6 heteroatoms. The Morgan fingerprint density at radius 1 is 1.29 bits per heavy atom. The number of halogens is 1. The molecule has 0 aliphatic rings. The van der Waals surface area contributed by atoms with Gasteiger partial charge in [0.05, 0.1) is 6.54 Å². The van der Waals surface area contributed by atoms with Crippen molar-refractivity contribution in [1.82, 2.24) is 4.90 Å². The average Bonchev–Trinajstić information content (AvgIpc) is 2.45. The fourth-order valence-electron chi connectivity index (χ4n) is 2.00. The van der Waals surface area contributed by atoms with Crippen LogP contribution in [-0.4, -0.2) is 29.8 Å². The van der Waals surface area contributed by atoms with Crippen molar-refractivity contribution >= 4 is 27.7 Å². The Kier molecular flexibility index (Phi) is 7.39. The molecule has 1 aromatic carbocycles. The fraction of sp³-hybridized carbons (Fsp3) is 0.467. The van der Waals surface area contributed by atoms with Gasteiger partial charge in [-0.25, -0.2) is 0 Å². The van der Waals surface area contributed by atoms with Gasteiger partial charge in [-0.1, -0.05) is 41.4 Å². The largest absolute Gasteiger partial charge is 0.368 e. The number of rotatable bonds is 8. The first-order valence-electron chi connectivity index (χ1n) is 6.96. The summed E-state index contributed by atoms with van der Waals surface area (Å²) in [5.41, 5.74) is 11.8. The minimum absolute atomic E-state index is 0.0735. The van der Waals surface area contributed by atoms with E-state index in [1.54, 1.807) is 0 Å². The smallest absolute Gasteiger partial charge is 0.237 e. The summed E-state index contributed by atoms with van der Waals surface area (Å²) in [5, 5.41) is 0. The van der Waals surface area contributed by atoms with Gasteiger partial charge in [0.2, 0.25) is 11.8 Å². The second kappa shape index (κ2) is 8.79. The van der Waals surface area contributed by atoms with Crippen LogP contribution in [0.15, 0.2) is 28.7 Å². The van der Waals surface area contributed by atoms with Crippen molar-refractivity contribution in [1.29, 1.82) is 0 Å². The van der Waals surface area contributed by atoms with Gasteiger partial charge in [0.25, 0.3) is 0 Å². The van der Waals surface area contributed by atoms with Gasteiger partial charge >= 0.3 is 0 Å². The van der Waals surface area contributed by atoms with E-state index in [-0.39, 0.29) is 18.4 Å². The third-order valence-electron chi connectivity index (χ3n) is 3.36. The van der Waals surface area contributed by atoms with Gasteiger partial charge in [0, 0.05) is 17.4 Å². The number of nitrogens with zero attached hydrogens (tertiary/aromatic N) is 1. The first-order valence-corrected chi connectivity index (χ1v) is 7.76. The maximum Gasteiger partial charge on any atom is 0.237 e. The first kappa shape index (κ1) is 17.7. The van der Waals surface area contributed by atoms with E-state index in [1.807, 2.05) is 31.2 Å². The molecular formula is C15H22BrN3O2. The summed E-state index contributed by atoms with van der Waals surface area (Å²) in [6.45, 7) is 2.76. The molecule has 0 spiro atoms. The van der Waals surface area contributed by atoms with Gasteiger partial charge in [-0.3, -0.25) is 9.59 Å². The van der Waals surface area contributed by atoms with Crippen LogP contribution in [0, 0.1) is 5.92 Å². The average molecular weight is 356 g/mol. The second-order valence-electron chi connectivity index (χ2n) is 5.06. The number of benzene rings is 1. The molecule has 0 heterocycles. The van der Waals surface area contributed by atoms with Crippen molar-refractivity contribution < 1.29 is 9.59 Å². The van der Waals surface area contributed by atoms with Crippen molar-refractivity contribution in [3.8, 4) is 0 Å². The monoisotopic (exact) mass is 355 g/mol. The van der Waals surface area contributed by atoms with Gasteiger partial charge in [-0.05, 0) is 30.2 Å². The van der Waals surface area contributed by atoms with Crippen LogP contribution in [0.4, 0.5) is 0 Å². The molecule has 5 nitrogen and oxygen atoms in total. The Bertz CT molecular complexity index is 472. The summed E-state index contributed by atoms with van der Waals surface area (Å²) in [4.78, 5) is 25.0. The van der Waals surface area contributed by atoms with Crippen LogP contribution in [0.25, 0.3) is 0 Å². The molecule has 116 valence electrons. The van der Waals surface area contributed by atoms with Crippen LogP contribution in [0.2, 0.25) is 0 Å². The quantitative estimate of drug-likeness (QED) is 0.742. The zero-order valence-corrected chi connectivity index (χ0v) is 13.8. The normalized spacial score (nSPS) is 12.0. The number of hydrogen-bond donors (Lipinski definition) is 2. The summed E-state index contributed by atoms with van der Waals surface area (Å²) in [6.07, 6.45) is 1.18. The van der Waals surface area contributed by atoms with Crippen molar-refractivity contribution in [3.05, 3.63) is 34.3 Å². The maximum atomic E-state index is 12.3. The Hall–Kier alpha value is -1.40. The maximum absolute atomic E-state index is 12.3. The molecule has 1 rings (SSSR count). The minimum atomic E-state index is -0.513. The van der Waals surface area contributed by atoms with Crippen LogP contribution in [0.3, 0.4) is 0 Å². The highest BCUT2D eigenvalue weighted by atomic mass is 79.9. The van der Waals surface area contributed by atoms with E-state index in [2.05, 4.69) is 15.9 Å². The zero-order valence-electron chi connectivity index (χ0n) is 12.2. The fourth-order valence-corrected chi connectivity index (χ4v) is 2.27. The van der Waals surface area contributed by atoms with Crippen LogP contribution < -0.4 is 11.5 Å². The summed E-state index contributed by atoms with van der Waals surface area (Å²) in [5.74, 6) is -0.465. The van der Waals surface area contributed by atoms with E-state index >= 15 is 0 Å². The SMILES string of the molecule is CCC(CN)CC(=O)N(CC(N)=O)Cc1ccc(Br)cc1. The standard InChI is InChI=1S/C15H22BrN3O2/c1-2-11(8-17)7-15(21)19(10-14(18)20)9-12-3-5-13(16)6-4-12/h3-6,11H,2,7-10,17H2,1H3,(H2,18,20). The lowest BCUT2D eigenvalue weighted by molar-refractivity contribution is -0.136. The van der Waals surface area contributed by atoms with Gasteiger partial charge in [-0.15, -0.1) is 0 Å². The van der Waals surface area contributed by atoms with E-state index in [4.69, 9.17) is 11.5 Å². The van der Waals surface area contributed by atoms with E-state index < -0.39 is 5.91 Å². The molecule has 0 aromatic heterocycles. The van der Waals surface area contributed by atoms with Crippen molar-refractivity contribution in [2.45, 2.75) is 26.3 Å². The first-order chi connectivity index (χ1) is 9.96. The highest BCUT2D eigenvalue weighted by molar-refractivity contribution is 9.10. The van der Waals surface area contributed by atoms with Crippen LogP contribution >= 0.6 is 15.9 Å². The molecule has 0 aliphatic carbocycles. The third-order valence-corrected chi connectivity index (χ3v) is 3.89. The lowest BCUT2D eigenvalue weighted by atomic mass is 10.0. The van der Waals surface area contributed by atoms with Gasteiger partial charge in [0.1, 0.15) is 0 Å². The highest BCUT2D eigenvalue weighted by Gasteiger charge is 2.19. The molecule has 1 aromatic rings. The van der Waals surface area contributed by atoms with E-state index in [9.17, 15) is 9.59 Å². The van der Waals surface area contributed by atoms with E-state index in [0.29, 0.717) is 19.5 Å². The molecule has 0 aliphatic heterocycles. The molecule has 0 fully saturated rings. The highest BCUT2D eigenvalue weighted by Crippen LogP contribution is 2.14. The Morgan fingerprint density at radius 3 is 2.38 bits per heavy atom. The number of carbonyl (C=O) groups excluding carboxylic acids is 2. The van der Waals surface area contributed by atoms with Crippen molar-refractivity contribution in [2.75, 3.05) is 13.1 Å². The van der Waals surface area contributed by atoms with Crippen LogP contribution in [-0.2, 0) is 16.1 Å². The Morgan fingerprint density at radius 2 is 1.90 bits per heavy atom. The number of amides is 2. The van der Waals surface area contributed by atoms with Crippen molar-refractivity contribution in [3.63, 3.8) is 0 Å². The Balaban J connectivity index is 2.77. The van der Waals surface area contributed by atoms with Gasteiger partial charge in [-0.2, -0.15) is 0 Å². The summed E-state index contributed by atoms with van der Waals surface area (Å²) in [6, 6.07) is 7.62. The van der Waals surface area contributed by atoms with E-state index in [0.717, 1.165) is 16.5 Å². The molecule has 0 bridgehead atoms. The molecule has 21 heavy (non-hydrogen) atoms. The number of carbonyl (C=O) groups is 2. The number of primary amides is 1. The molecule has 0 saturated heterocycles. The minimum Gasteiger partial charge on any atom is -0.368 e. The molecule has 4 N–H and O–H groups in total. The molecule has 0 radical (unpaired) electrons. The molecule has 1 atom stereocenters.